The molecule has 1 amide bonds. The van der Waals surface area contributed by atoms with Crippen molar-refractivity contribution in [3.05, 3.63) is 50.7 Å². The number of carbonyl (C=O) groups is 1. The van der Waals surface area contributed by atoms with Gasteiger partial charge in [-0.2, -0.15) is 0 Å². The molecule has 0 spiro atoms. The van der Waals surface area contributed by atoms with Gasteiger partial charge in [0, 0.05) is 10.6 Å². The molecule has 0 aliphatic carbocycles. The van der Waals surface area contributed by atoms with Crippen LogP contribution >= 0.6 is 11.3 Å². The first kappa shape index (κ1) is 14.3. The van der Waals surface area contributed by atoms with E-state index in [9.17, 15) is 9.90 Å². The van der Waals surface area contributed by atoms with Crippen LogP contribution in [0.25, 0.3) is 0 Å². The fourth-order valence-corrected chi connectivity index (χ4v) is 3.78. The number of fused-ring (bicyclic) bond motifs is 1. The number of benzene rings is 1. The average molecular weight is 301 g/mol. The summed E-state index contributed by atoms with van der Waals surface area (Å²) in [6.07, 6.45) is 0.151. The monoisotopic (exact) mass is 301 g/mol. The molecule has 3 nitrogen and oxygen atoms in total. The highest BCUT2D eigenvalue weighted by molar-refractivity contribution is 7.10. The zero-order valence-electron chi connectivity index (χ0n) is 12.4. The van der Waals surface area contributed by atoms with Gasteiger partial charge in [-0.1, -0.05) is 13.0 Å². The topological polar surface area (TPSA) is 49.3 Å². The molecule has 0 bridgehead atoms. The normalized spacial score (nSPS) is 18.5. The quantitative estimate of drug-likeness (QED) is 0.903. The number of aliphatic hydroxyl groups excluding tert-OH is 1. The van der Waals surface area contributed by atoms with Crippen molar-refractivity contribution < 1.29 is 9.90 Å². The zero-order chi connectivity index (χ0) is 15.1. The first-order valence-corrected chi connectivity index (χ1v) is 8.08. The SMILES string of the molecule is CCC1C(=O)Nc2c1cc(C(O)c1cccs1)c(C)c2C. The van der Waals surface area contributed by atoms with Gasteiger partial charge in [-0.15, -0.1) is 11.3 Å². The molecular weight excluding hydrogens is 282 g/mol. The molecule has 0 fully saturated rings. The maximum atomic E-state index is 12.1. The van der Waals surface area contributed by atoms with E-state index in [1.807, 2.05) is 44.4 Å². The lowest BCUT2D eigenvalue weighted by Crippen LogP contribution is -2.10. The number of hydrogen-bond donors (Lipinski definition) is 2. The van der Waals surface area contributed by atoms with Gasteiger partial charge in [0.15, 0.2) is 0 Å². The number of aliphatic hydroxyl groups is 1. The van der Waals surface area contributed by atoms with Gasteiger partial charge >= 0.3 is 0 Å². The molecule has 4 heteroatoms. The molecule has 2 aromatic rings. The van der Waals surface area contributed by atoms with Crippen molar-refractivity contribution in [1.29, 1.82) is 0 Å². The highest BCUT2D eigenvalue weighted by atomic mass is 32.1. The highest BCUT2D eigenvalue weighted by Gasteiger charge is 2.32. The van der Waals surface area contributed by atoms with Crippen LogP contribution in [-0.2, 0) is 4.79 Å². The molecule has 21 heavy (non-hydrogen) atoms. The summed E-state index contributed by atoms with van der Waals surface area (Å²) in [5.74, 6) is -0.0358. The first-order valence-electron chi connectivity index (χ1n) is 7.20. The van der Waals surface area contributed by atoms with Crippen molar-refractivity contribution in [2.45, 2.75) is 39.2 Å². The van der Waals surface area contributed by atoms with Gasteiger partial charge in [-0.05, 0) is 60.0 Å². The molecule has 2 heterocycles. The molecule has 2 N–H and O–H groups in total. The Hall–Kier alpha value is -1.65. The Kier molecular flexibility index (Phi) is 3.59. The standard InChI is InChI=1S/C17H19NO2S/c1-4-11-13-8-12(16(19)14-6-5-7-21-14)9(2)10(3)15(13)18-17(11)20/h5-8,11,16,19H,4H2,1-3H3,(H,18,20). The Morgan fingerprint density at radius 3 is 2.76 bits per heavy atom. The third-order valence-corrected chi connectivity index (χ3v) is 5.35. The fraction of sp³-hybridized carbons (Fsp3) is 0.353. The minimum absolute atomic E-state index is 0.0674. The molecule has 0 saturated heterocycles. The summed E-state index contributed by atoms with van der Waals surface area (Å²) >= 11 is 1.55. The van der Waals surface area contributed by atoms with Crippen LogP contribution in [0, 0.1) is 13.8 Å². The van der Waals surface area contributed by atoms with E-state index in [4.69, 9.17) is 0 Å². The van der Waals surface area contributed by atoms with E-state index in [1.54, 1.807) is 11.3 Å². The van der Waals surface area contributed by atoms with E-state index in [-0.39, 0.29) is 11.8 Å². The van der Waals surface area contributed by atoms with Crippen molar-refractivity contribution in [3.63, 3.8) is 0 Å². The predicted octanol–water partition coefficient (Wildman–Crippen LogP) is 3.89. The third-order valence-electron chi connectivity index (χ3n) is 4.43. The number of hydrogen-bond acceptors (Lipinski definition) is 3. The first-order chi connectivity index (χ1) is 10.0. The second kappa shape index (κ2) is 5.28. The maximum Gasteiger partial charge on any atom is 0.232 e. The number of rotatable bonds is 3. The Morgan fingerprint density at radius 1 is 1.38 bits per heavy atom. The lowest BCUT2D eigenvalue weighted by atomic mass is 9.89. The molecule has 1 aliphatic rings. The van der Waals surface area contributed by atoms with Gasteiger partial charge < -0.3 is 10.4 Å². The Balaban J connectivity index is 2.14. The van der Waals surface area contributed by atoms with Gasteiger partial charge in [0.05, 0.1) is 5.92 Å². The van der Waals surface area contributed by atoms with Crippen LogP contribution < -0.4 is 5.32 Å². The van der Waals surface area contributed by atoms with Crippen molar-refractivity contribution in [2.75, 3.05) is 5.32 Å². The molecule has 2 atom stereocenters. The lowest BCUT2D eigenvalue weighted by Gasteiger charge is -2.18. The van der Waals surface area contributed by atoms with Crippen LogP contribution in [-0.4, -0.2) is 11.0 Å². The number of amides is 1. The molecule has 1 aromatic heterocycles. The second-order valence-corrected chi connectivity index (χ2v) is 6.53. The third kappa shape index (κ3) is 2.19. The van der Waals surface area contributed by atoms with E-state index in [0.29, 0.717) is 0 Å². The fourth-order valence-electron chi connectivity index (χ4n) is 3.05. The van der Waals surface area contributed by atoms with Crippen LogP contribution in [0.2, 0.25) is 0 Å². The summed E-state index contributed by atoms with van der Waals surface area (Å²) in [5.41, 5.74) is 4.97. The molecule has 3 rings (SSSR count). The molecule has 1 aromatic carbocycles. The largest absolute Gasteiger partial charge is 0.383 e. The Labute approximate surface area is 128 Å². The highest BCUT2D eigenvalue weighted by Crippen LogP contribution is 2.42. The van der Waals surface area contributed by atoms with Crippen molar-refractivity contribution in [2.24, 2.45) is 0 Å². The summed E-state index contributed by atoms with van der Waals surface area (Å²) in [7, 11) is 0. The van der Waals surface area contributed by atoms with E-state index in [2.05, 4.69) is 5.32 Å². The summed E-state index contributed by atoms with van der Waals surface area (Å²) in [6, 6.07) is 5.89. The van der Waals surface area contributed by atoms with E-state index < -0.39 is 6.10 Å². The van der Waals surface area contributed by atoms with Crippen LogP contribution in [0.1, 0.15) is 52.5 Å². The molecular formula is C17H19NO2S. The number of anilines is 1. The van der Waals surface area contributed by atoms with Crippen LogP contribution in [0.4, 0.5) is 5.69 Å². The van der Waals surface area contributed by atoms with Crippen LogP contribution in [0.5, 0.6) is 0 Å². The maximum absolute atomic E-state index is 12.1. The van der Waals surface area contributed by atoms with E-state index >= 15 is 0 Å². The van der Waals surface area contributed by atoms with Crippen molar-refractivity contribution in [1.82, 2.24) is 0 Å². The number of carbonyl (C=O) groups excluding carboxylic acids is 1. The summed E-state index contributed by atoms with van der Waals surface area (Å²) in [4.78, 5) is 13.0. The molecule has 2 unspecified atom stereocenters. The average Bonchev–Trinajstić information content (AvgIpc) is 3.09. The number of thiophene rings is 1. The lowest BCUT2D eigenvalue weighted by molar-refractivity contribution is -0.117. The summed E-state index contributed by atoms with van der Waals surface area (Å²) < 4.78 is 0. The van der Waals surface area contributed by atoms with Crippen molar-refractivity contribution >= 4 is 22.9 Å². The molecule has 0 radical (unpaired) electrons. The van der Waals surface area contributed by atoms with Gasteiger partial charge in [-0.25, -0.2) is 0 Å². The zero-order valence-corrected chi connectivity index (χ0v) is 13.3. The van der Waals surface area contributed by atoms with E-state index in [1.165, 1.54) is 0 Å². The number of nitrogens with one attached hydrogen (secondary N) is 1. The minimum Gasteiger partial charge on any atom is -0.383 e. The van der Waals surface area contributed by atoms with Gasteiger partial charge in [-0.3, -0.25) is 4.79 Å². The van der Waals surface area contributed by atoms with Crippen LogP contribution in [0.15, 0.2) is 23.6 Å². The van der Waals surface area contributed by atoms with Crippen molar-refractivity contribution in [3.8, 4) is 0 Å². The summed E-state index contributed by atoms with van der Waals surface area (Å²) in [5, 5.41) is 15.6. The Morgan fingerprint density at radius 2 is 2.14 bits per heavy atom. The van der Waals surface area contributed by atoms with Gasteiger partial charge in [0.25, 0.3) is 0 Å². The van der Waals surface area contributed by atoms with Gasteiger partial charge in [0.1, 0.15) is 6.10 Å². The van der Waals surface area contributed by atoms with Crippen LogP contribution in [0.3, 0.4) is 0 Å². The predicted molar refractivity (Wildman–Crippen MR) is 86.0 cm³/mol. The second-order valence-electron chi connectivity index (χ2n) is 5.55. The minimum atomic E-state index is -0.623. The summed E-state index contributed by atoms with van der Waals surface area (Å²) in [6.45, 7) is 6.04. The molecule has 1 aliphatic heterocycles. The van der Waals surface area contributed by atoms with E-state index in [0.717, 1.165) is 39.2 Å². The molecule has 110 valence electrons. The molecule has 0 saturated carbocycles. The smallest absolute Gasteiger partial charge is 0.232 e. The Bertz CT molecular complexity index is 691. The van der Waals surface area contributed by atoms with Gasteiger partial charge in [0.2, 0.25) is 5.91 Å².